The third kappa shape index (κ3) is 1.00. The van der Waals surface area contributed by atoms with Crippen LogP contribution in [0.5, 0.6) is 0 Å². The maximum Gasteiger partial charge on any atom is 0.00775 e. The molecular weight excluding hydrogens is 192 g/mol. The van der Waals surface area contributed by atoms with Gasteiger partial charge in [0.25, 0.3) is 0 Å². The van der Waals surface area contributed by atoms with Gasteiger partial charge in [0.05, 0.1) is 0 Å². The summed E-state index contributed by atoms with van der Waals surface area (Å²) in [6.07, 6.45) is 13.9. The summed E-state index contributed by atoms with van der Waals surface area (Å²) in [7, 11) is 0. The quantitative estimate of drug-likeness (QED) is 0.562. The Labute approximate surface area is 98.4 Å². The molecule has 0 N–H and O–H groups in total. The highest BCUT2D eigenvalue weighted by atomic mass is 14.6. The zero-order valence-corrected chi connectivity index (χ0v) is 10.6. The van der Waals surface area contributed by atoms with Gasteiger partial charge in [-0.2, -0.15) is 0 Å². The minimum atomic E-state index is 0.280. The number of fused-ring (bicyclic) bond motifs is 2. The van der Waals surface area contributed by atoms with Crippen LogP contribution in [0.2, 0.25) is 0 Å². The summed E-state index contributed by atoms with van der Waals surface area (Å²) in [5.41, 5.74) is 3.79. The molecule has 0 amide bonds. The summed E-state index contributed by atoms with van der Waals surface area (Å²) < 4.78 is 0. The zero-order chi connectivity index (χ0) is 11.6. The minimum absolute atomic E-state index is 0.280. The molecule has 2 atom stereocenters. The Kier molecular flexibility index (Phi) is 1.77. The van der Waals surface area contributed by atoms with E-state index in [-0.39, 0.29) is 10.8 Å². The Bertz CT molecular complexity index is 408. The third-order valence-corrected chi connectivity index (χ3v) is 4.87. The van der Waals surface area contributed by atoms with Gasteiger partial charge in [0.1, 0.15) is 0 Å². The van der Waals surface area contributed by atoms with Crippen LogP contribution < -0.4 is 0 Å². The molecule has 0 saturated heterocycles. The van der Waals surface area contributed by atoms with Crippen LogP contribution in [0.4, 0.5) is 0 Å². The van der Waals surface area contributed by atoms with Crippen molar-refractivity contribution in [2.75, 3.05) is 0 Å². The van der Waals surface area contributed by atoms with E-state index >= 15 is 0 Å². The van der Waals surface area contributed by atoms with Crippen molar-refractivity contribution in [1.82, 2.24) is 0 Å². The molecule has 0 nitrogen and oxygen atoms in total. The predicted octanol–water partition coefficient (Wildman–Crippen LogP) is 4.28. The molecule has 2 unspecified atom stereocenters. The first-order valence-electron chi connectivity index (χ1n) is 6.23. The Morgan fingerprint density at radius 1 is 0.750 bits per heavy atom. The van der Waals surface area contributed by atoms with E-state index in [9.17, 15) is 0 Å². The van der Waals surface area contributed by atoms with E-state index in [2.05, 4.69) is 64.2 Å². The van der Waals surface area contributed by atoms with E-state index < -0.39 is 0 Å². The summed E-state index contributed by atoms with van der Waals surface area (Å²) in [6.45, 7) is 9.56. The molecule has 0 spiro atoms. The van der Waals surface area contributed by atoms with E-state index in [1.165, 1.54) is 0 Å². The standard InChI is InChI=1S/C16H20/c1-15(2)11-7-5-9-13(11)16(3,4)14-10-6-8-12(14)15/h5-11,14H,1-4H3. The van der Waals surface area contributed by atoms with Crippen LogP contribution in [0, 0.1) is 22.7 Å². The first-order chi connectivity index (χ1) is 7.45. The van der Waals surface area contributed by atoms with Gasteiger partial charge in [-0.3, -0.25) is 0 Å². The summed E-state index contributed by atoms with van der Waals surface area (Å²) in [4.78, 5) is 0. The lowest BCUT2D eigenvalue weighted by Gasteiger charge is -2.51. The fraction of sp³-hybridized carbons (Fsp3) is 0.500. The van der Waals surface area contributed by atoms with Gasteiger partial charge < -0.3 is 0 Å². The molecule has 16 heavy (non-hydrogen) atoms. The monoisotopic (exact) mass is 212 g/mol. The van der Waals surface area contributed by atoms with Gasteiger partial charge in [-0.25, -0.2) is 0 Å². The van der Waals surface area contributed by atoms with Crippen molar-refractivity contribution >= 4 is 0 Å². The summed E-state index contributed by atoms with van der Waals surface area (Å²) in [5.74, 6) is 1.20. The van der Waals surface area contributed by atoms with Crippen LogP contribution in [-0.4, -0.2) is 0 Å². The zero-order valence-electron chi connectivity index (χ0n) is 10.6. The summed E-state index contributed by atoms with van der Waals surface area (Å²) in [5, 5.41) is 0. The highest BCUT2D eigenvalue weighted by Gasteiger charge is 2.51. The van der Waals surface area contributed by atoms with Crippen molar-refractivity contribution in [3.8, 4) is 0 Å². The van der Waals surface area contributed by atoms with Crippen LogP contribution in [0.25, 0.3) is 0 Å². The average molecular weight is 212 g/mol. The minimum Gasteiger partial charge on any atom is -0.0765 e. The van der Waals surface area contributed by atoms with Gasteiger partial charge in [0.2, 0.25) is 0 Å². The van der Waals surface area contributed by atoms with Crippen LogP contribution in [0.1, 0.15) is 27.7 Å². The Hall–Kier alpha value is -1.04. The lowest BCUT2D eigenvalue weighted by molar-refractivity contribution is 0.191. The molecule has 3 rings (SSSR count). The maximum absolute atomic E-state index is 2.39. The Morgan fingerprint density at radius 2 is 1.12 bits per heavy atom. The highest BCUT2D eigenvalue weighted by molar-refractivity contribution is 5.48. The normalized spacial score (nSPS) is 36.8. The van der Waals surface area contributed by atoms with Crippen molar-refractivity contribution in [1.29, 1.82) is 0 Å². The predicted molar refractivity (Wildman–Crippen MR) is 69.0 cm³/mol. The molecule has 0 bridgehead atoms. The van der Waals surface area contributed by atoms with Crippen molar-refractivity contribution in [3.05, 3.63) is 47.6 Å². The lowest BCUT2D eigenvalue weighted by atomic mass is 9.52. The number of allylic oxidation sites excluding steroid dienone is 8. The van der Waals surface area contributed by atoms with Crippen molar-refractivity contribution in [2.24, 2.45) is 22.7 Å². The molecule has 0 radical (unpaired) electrons. The smallest absolute Gasteiger partial charge is 0.00775 e. The first kappa shape index (κ1) is 10.1. The second-order valence-electron chi connectivity index (χ2n) is 6.41. The number of rotatable bonds is 0. The maximum atomic E-state index is 2.39. The van der Waals surface area contributed by atoms with Crippen molar-refractivity contribution < 1.29 is 0 Å². The van der Waals surface area contributed by atoms with Gasteiger partial charge in [0, 0.05) is 11.8 Å². The van der Waals surface area contributed by atoms with Gasteiger partial charge in [-0.15, -0.1) is 0 Å². The molecular formula is C16H20. The highest BCUT2D eigenvalue weighted by Crippen LogP contribution is 2.61. The molecule has 3 aliphatic rings. The molecule has 0 heterocycles. The molecule has 0 aromatic carbocycles. The average Bonchev–Trinajstić information content (AvgIpc) is 2.86. The molecule has 0 heteroatoms. The van der Waals surface area contributed by atoms with Gasteiger partial charge in [0.15, 0.2) is 0 Å². The topological polar surface area (TPSA) is 0 Å². The number of hydrogen-bond donors (Lipinski definition) is 0. The fourth-order valence-corrected chi connectivity index (χ4v) is 3.80. The second-order valence-corrected chi connectivity index (χ2v) is 6.41. The largest absolute Gasteiger partial charge is 0.0765 e. The lowest BCUT2D eigenvalue weighted by Crippen LogP contribution is -2.43. The molecule has 3 aliphatic carbocycles. The summed E-state index contributed by atoms with van der Waals surface area (Å²) >= 11 is 0. The fourth-order valence-electron chi connectivity index (χ4n) is 3.80. The molecule has 1 saturated carbocycles. The second kappa shape index (κ2) is 2.80. The van der Waals surface area contributed by atoms with E-state index in [0.29, 0.717) is 11.8 Å². The summed E-state index contributed by atoms with van der Waals surface area (Å²) in [6, 6.07) is 0. The first-order valence-corrected chi connectivity index (χ1v) is 6.23. The van der Waals surface area contributed by atoms with E-state index in [1.54, 1.807) is 11.1 Å². The van der Waals surface area contributed by atoms with Crippen LogP contribution >= 0.6 is 0 Å². The molecule has 1 fully saturated rings. The van der Waals surface area contributed by atoms with Gasteiger partial charge in [-0.05, 0) is 10.8 Å². The molecule has 0 aliphatic heterocycles. The van der Waals surface area contributed by atoms with Crippen LogP contribution in [0.15, 0.2) is 47.6 Å². The number of hydrogen-bond acceptors (Lipinski definition) is 0. The van der Waals surface area contributed by atoms with Gasteiger partial charge >= 0.3 is 0 Å². The molecule has 0 aromatic rings. The van der Waals surface area contributed by atoms with E-state index in [1.807, 2.05) is 0 Å². The molecule has 84 valence electrons. The van der Waals surface area contributed by atoms with Crippen molar-refractivity contribution in [2.45, 2.75) is 27.7 Å². The molecule has 0 aromatic heterocycles. The van der Waals surface area contributed by atoms with Crippen LogP contribution in [-0.2, 0) is 0 Å². The third-order valence-electron chi connectivity index (χ3n) is 4.87. The van der Waals surface area contributed by atoms with Crippen LogP contribution in [0.3, 0.4) is 0 Å². The van der Waals surface area contributed by atoms with Crippen molar-refractivity contribution in [3.63, 3.8) is 0 Å². The SMILES string of the molecule is CC1(C)C2=CC=CC2C(C)(C)C2=CC=CC21. The van der Waals surface area contributed by atoms with Gasteiger partial charge in [-0.1, -0.05) is 75.3 Å². The Balaban J connectivity index is 2.19. The van der Waals surface area contributed by atoms with E-state index in [0.717, 1.165) is 0 Å². The van der Waals surface area contributed by atoms with E-state index in [4.69, 9.17) is 0 Å². The Morgan fingerprint density at radius 3 is 1.50 bits per heavy atom.